The maximum atomic E-state index is 13.2. The average molecular weight is 484 g/mol. The van der Waals surface area contributed by atoms with Crippen LogP contribution in [0.2, 0.25) is 0 Å². The summed E-state index contributed by atoms with van der Waals surface area (Å²) in [5.41, 5.74) is 0.327. The van der Waals surface area contributed by atoms with Gasteiger partial charge in [-0.15, -0.1) is 0 Å². The first kappa shape index (κ1) is 20.8. The Morgan fingerprint density at radius 3 is 2.45 bits per heavy atom. The van der Waals surface area contributed by atoms with Gasteiger partial charge in [0.1, 0.15) is 0 Å². The van der Waals surface area contributed by atoms with Crippen LogP contribution in [0.25, 0.3) is 0 Å². The van der Waals surface area contributed by atoms with E-state index in [0.717, 1.165) is 38.5 Å². The third kappa shape index (κ3) is 4.51. The molecule has 1 atom stereocenters. The van der Waals surface area contributed by atoms with E-state index in [2.05, 4.69) is 21.2 Å². The highest BCUT2D eigenvalue weighted by Crippen LogP contribution is 2.28. The molecule has 7 nitrogen and oxygen atoms in total. The van der Waals surface area contributed by atoms with Crippen LogP contribution in [-0.4, -0.2) is 61.7 Å². The molecule has 0 aromatic heterocycles. The Morgan fingerprint density at radius 1 is 1.03 bits per heavy atom. The summed E-state index contributed by atoms with van der Waals surface area (Å²) < 4.78 is 27.8. The maximum absolute atomic E-state index is 13.2. The Balaban J connectivity index is 1.52. The molecule has 1 aromatic carbocycles. The van der Waals surface area contributed by atoms with Gasteiger partial charge in [-0.1, -0.05) is 0 Å². The van der Waals surface area contributed by atoms with E-state index < -0.39 is 10.0 Å². The van der Waals surface area contributed by atoms with Gasteiger partial charge < -0.3 is 10.2 Å². The molecule has 3 aliphatic rings. The minimum atomic E-state index is -3.60. The fourth-order valence-corrected chi connectivity index (χ4v) is 5.96. The molecule has 2 amide bonds. The Morgan fingerprint density at radius 2 is 1.76 bits per heavy atom. The normalized spacial score (nSPS) is 23.2. The molecule has 1 aromatic rings. The fraction of sp³-hybridized carbons (Fsp3) is 0.600. The van der Waals surface area contributed by atoms with Crippen molar-refractivity contribution in [3.63, 3.8) is 0 Å². The topological polar surface area (TPSA) is 86.8 Å². The summed E-state index contributed by atoms with van der Waals surface area (Å²) in [6.45, 7) is 1.98. The summed E-state index contributed by atoms with van der Waals surface area (Å²) in [6.07, 6.45) is 5.32. The molecule has 2 heterocycles. The van der Waals surface area contributed by atoms with Gasteiger partial charge in [0.05, 0.1) is 16.4 Å². The van der Waals surface area contributed by atoms with Crippen LogP contribution in [-0.2, 0) is 14.8 Å². The fourth-order valence-electron chi connectivity index (χ4n) is 4.00. The maximum Gasteiger partial charge on any atom is 0.255 e. The van der Waals surface area contributed by atoms with Crippen molar-refractivity contribution in [2.75, 3.05) is 26.2 Å². The summed E-state index contributed by atoms with van der Waals surface area (Å²) in [7, 11) is -3.60. The summed E-state index contributed by atoms with van der Waals surface area (Å²) >= 11 is 3.40. The molecule has 1 N–H and O–H groups in total. The number of amides is 2. The largest absolute Gasteiger partial charge is 0.353 e. The third-order valence-electron chi connectivity index (χ3n) is 5.87. The lowest BCUT2D eigenvalue weighted by molar-refractivity contribution is -0.126. The predicted octanol–water partition coefficient (Wildman–Crippen LogP) is 2.36. The number of rotatable bonds is 5. The number of carbonyl (C=O) groups is 2. The number of hydrogen-bond donors (Lipinski definition) is 1. The number of piperidine rings is 1. The van der Waals surface area contributed by atoms with Gasteiger partial charge in [-0.25, -0.2) is 8.42 Å². The zero-order valence-electron chi connectivity index (χ0n) is 16.3. The van der Waals surface area contributed by atoms with Gasteiger partial charge >= 0.3 is 0 Å². The lowest BCUT2D eigenvalue weighted by Gasteiger charge is -2.32. The number of benzene rings is 1. The van der Waals surface area contributed by atoms with Crippen LogP contribution in [0.3, 0.4) is 0 Å². The molecular formula is C20H26BrN3O4S. The summed E-state index contributed by atoms with van der Waals surface area (Å²) in [6, 6.07) is 4.93. The van der Waals surface area contributed by atoms with Gasteiger partial charge in [0, 0.05) is 36.7 Å². The smallest absolute Gasteiger partial charge is 0.255 e. The second-order valence-corrected chi connectivity index (χ2v) is 10.9. The minimum absolute atomic E-state index is 0.0226. The third-order valence-corrected chi connectivity index (χ3v) is 8.46. The SMILES string of the molecule is O=C(NC1CC1)C1CCCN(C(=O)c2cc(S(=O)(=O)N3CCCC3)ccc2Br)C1. The van der Waals surface area contributed by atoms with E-state index >= 15 is 0 Å². The van der Waals surface area contributed by atoms with E-state index in [9.17, 15) is 18.0 Å². The first-order valence-electron chi connectivity index (χ1n) is 10.3. The van der Waals surface area contributed by atoms with E-state index in [4.69, 9.17) is 0 Å². The molecule has 2 saturated heterocycles. The summed E-state index contributed by atoms with van der Waals surface area (Å²) in [5, 5.41) is 3.02. The highest BCUT2D eigenvalue weighted by Gasteiger charge is 2.33. The number of sulfonamides is 1. The molecule has 1 saturated carbocycles. The van der Waals surface area contributed by atoms with Gasteiger partial charge in [-0.2, -0.15) is 4.31 Å². The molecule has 9 heteroatoms. The first-order valence-corrected chi connectivity index (χ1v) is 12.5. The number of carbonyl (C=O) groups excluding carboxylic acids is 2. The average Bonchev–Trinajstić information content (AvgIpc) is 3.34. The van der Waals surface area contributed by atoms with Crippen molar-refractivity contribution in [3.8, 4) is 0 Å². The molecule has 2 aliphatic heterocycles. The van der Waals surface area contributed by atoms with Crippen LogP contribution in [0.5, 0.6) is 0 Å². The lowest BCUT2D eigenvalue weighted by Crippen LogP contribution is -2.46. The van der Waals surface area contributed by atoms with Gasteiger partial charge in [-0.3, -0.25) is 9.59 Å². The van der Waals surface area contributed by atoms with Crippen molar-refractivity contribution in [2.24, 2.45) is 5.92 Å². The number of hydrogen-bond acceptors (Lipinski definition) is 4. The Bertz CT molecular complexity index is 910. The van der Waals surface area contributed by atoms with Crippen molar-refractivity contribution in [3.05, 3.63) is 28.2 Å². The predicted molar refractivity (Wildman–Crippen MR) is 112 cm³/mol. The second kappa shape index (κ2) is 8.35. The standard InChI is InChI=1S/C20H26BrN3O4S/c21-18-8-7-16(29(27,28)24-10-1-2-11-24)12-17(18)20(26)23-9-3-4-14(13-23)19(25)22-15-5-6-15/h7-8,12,14-15H,1-6,9-11,13H2,(H,22,25). The molecule has 3 fully saturated rings. The molecule has 1 aliphatic carbocycles. The van der Waals surface area contributed by atoms with Gasteiger partial charge in [0.25, 0.3) is 5.91 Å². The van der Waals surface area contributed by atoms with E-state index in [1.54, 1.807) is 11.0 Å². The second-order valence-electron chi connectivity index (χ2n) is 8.13. The van der Waals surface area contributed by atoms with Crippen LogP contribution in [0, 0.1) is 5.92 Å². The molecule has 158 valence electrons. The van der Waals surface area contributed by atoms with Gasteiger partial charge in [0.2, 0.25) is 15.9 Å². The Hall–Kier alpha value is -1.45. The van der Waals surface area contributed by atoms with Crippen molar-refractivity contribution in [1.29, 1.82) is 0 Å². The molecule has 29 heavy (non-hydrogen) atoms. The van der Waals surface area contributed by atoms with Crippen molar-refractivity contribution >= 4 is 37.8 Å². The summed E-state index contributed by atoms with van der Waals surface area (Å²) in [4.78, 5) is 27.4. The van der Waals surface area contributed by atoms with Gasteiger partial charge in [0.15, 0.2) is 0 Å². The van der Waals surface area contributed by atoms with Gasteiger partial charge in [-0.05, 0) is 72.7 Å². The van der Waals surface area contributed by atoms with Crippen molar-refractivity contribution in [1.82, 2.24) is 14.5 Å². The Kier molecular flexibility index (Phi) is 5.99. The molecule has 0 bridgehead atoms. The molecule has 0 spiro atoms. The van der Waals surface area contributed by atoms with Crippen molar-refractivity contribution < 1.29 is 18.0 Å². The van der Waals surface area contributed by atoms with E-state index in [1.807, 2.05) is 0 Å². The quantitative estimate of drug-likeness (QED) is 0.696. The van der Waals surface area contributed by atoms with Crippen LogP contribution >= 0.6 is 15.9 Å². The molecule has 1 unspecified atom stereocenters. The zero-order valence-corrected chi connectivity index (χ0v) is 18.7. The number of halogens is 1. The molecule has 0 radical (unpaired) electrons. The molecular weight excluding hydrogens is 458 g/mol. The summed E-state index contributed by atoms with van der Waals surface area (Å²) in [5.74, 6) is -0.419. The zero-order chi connectivity index (χ0) is 20.6. The van der Waals surface area contributed by atoms with Crippen LogP contribution in [0.15, 0.2) is 27.6 Å². The number of nitrogens with one attached hydrogen (secondary N) is 1. The van der Waals surface area contributed by atoms with Crippen LogP contribution in [0.1, 0.15) is 48.9 Å². The van der Waals surface area contributed by atoms with E-state index in [1.165, 1.54) is 16.4 Å². The Labute approximate surface area is 180 Å². The highest BCUT2D eigenvalue weighted by molar-refractivity contribution is 9.10. The highest BCUT2D eigenvalue weighted by atomic mass is 79.9. The number of likely N-dealkylation sites (tertiary alicyclic amines) is 1. The van der Waals surface area contributed by atoms with Crippen molar-refractivity contribution in [2.45, 2.75) is 49.5 Å². The van der Waals surface area contributed by atoms with E-state index in [-0.39, 0.29) is 22.6 Å². The molecule has 4 rings (SSSR count). The van der Waals surface area contributed by atoms with E-state index in [0.29, 0.717) is 42.3 Å². The van der Waals surface area contributed by atoms with Crippen LogP contribution in [0.4, 0.5) is 0 Å². The monoisotopic (exact) mass is 483 g/mol. The minimum Gasteiger partial charge on any atom is -0.353 e. The number of nitrogens with zero attached hydrogens (tertiary/aromatic N) is 2. The first-order chi connectivity index (χ1) is 13.9. The lowest BCUT2D eigenvalue weighted by atomic mass is 9.96. The van der Waals surface area contributed by atoms with Crippen LogP contribution < -0.4 is 5.32 Å².